The minimum Gasteiger partial charge on any atom is -0.458 e. The van der Waals surface area contributed by atoms with Crippen LogP contribution in [0.4, 0.5) is 19.0 Å². The van der Waals surface area contributed by atoms with Gasteiger partial charge in [-0.25, -0.2) is 0 Å². The average molecular weight is 454 g/mol. The van der Waals surface area contributed by atoms with Crippen LogP contribution < -0.4 is 9.64 Å². The van der Waals surface area contributed by atoms with Crippen molar-refractivity contribution in [2.24, 2.45) is 0 Å². The monoisotopic (exact) mass is 454 g/mol. The van der Waals surface area contributed by atoms with Crippen molar-refractivity contribution >= 4 is 27.4 Å². The largest absolute Gasteiger partial charge is 0.458 e. The number of hydrogen-bond donors (Lipinski definition) is 0. The molecule has 0 radical (unpaired) electrons. The fourth-order valence-electron chi connectivity index (χ4n) is 3.90. The lowest BCUT2D eigenvalue weighted by Crippen LogP contribution is -2.36. The number of nitrogens with zero attached hydrogens (tertiary/aromatic N) is 6. The third-order valence-corrected chi connectivity index (χ3v) is 6.45. The molecule has 31 heavy (non-hydrogen) atoms. The second-order valence-corrected chi connectivity index (χ2v) is 8.74. The molecule has 1 atom stereocenters. The van der Waals surface area contributed by atoms with Gasteiger partial charge in [-0.15, -0.1) is 21.5 Å². The summed E-state index contributed by atoms with van der Waals surface area (Å²) in [6.07, 6.45) is -1.92. The molecule has 2 aliphatic rings. The van der Waals surface area contributed by atoms with Gasteiger partial charge in [0.1, 0.15) is 16.8 Å². The lowest BCUT2D eigenvalue weighted by atomic mass is 10.2. The molecule has 1 fully saturated rings. The lowest BCUT2D eigenvalue weighted by molar-refractivity contribution is -0.147. The van der Waals surface area contributed by atoms with E-state index in [0.29, 0.717) is 25.6 Å². The van der Waals surface area contributed by atoms with Crippen LogP contribution in [0.3, 0.4) is 0 Å². The normalized spacial score (nSPS) is 19.2. The van der Waals surface area contributed by atoms with Gasteiger partial charge < -0.3 is 18.9 Å². The van der Waals surface area contributed by atoms with Crippen LogP contribution in [0.1, 0.15) is 36.3 Å². The van der Waals surface area contributed by atoms with Crippen molar-refractivity contribution in [2.75, 3.05) is 24.7 Å². The molecule has 1 unspecified atom stereocenters. The molecule has 2 aliphatic heterocycles. The third kappa shape index (κ3) is 3.93. The molecule has 8 nitrogen and oxygen atoms in total. The van der Waals surface area contributed by atoms with Gasteiger partial charge in [-0.1, -0.05) is 13.3 Å². The first-order valence-electron chi connectivity index (χ1n) is 10.2. The van der Waals surface area contributed by atoms with Crippen molar-refractivity contribution in [2.45, 2.75) is 51.6 Å². The van der Waals surface area contributed by atoms with E-state index in [1.54, 1.807) is 11.3 Å². The molecular formula is C19H21F3N6O2S. The molecule has 5 heterocycles. The molecule has 0 amide bonds. The molecule has 3 aromatic rings. The number of fused-ring (bicyclic) bond motifs is 2. The Morgan fingerprint density at radius 1 is 1.26 bits per heavy atom. The maximum Gasteiger partial charge on any atom is 0.451 e. The Morgan fingerprint density at radius 3 is 2.87 bits per heavy atom. The summed E-state index contributed by atoms with van der Waals surface area (Å²) in [5, 5.41) is 8.03. The van der Waals surface area contributed by atoms with Gasteiger partial charge in [-0.05, 0) is 12.5 Å². The highest BCUT2D eigenvalue weighted by Crippen LogP contribution is 2.36. The summed E-state index contributed by atoms with van der Waals surface area (Å²) in [5.41, 5.74) is 0. The summed E-state index contributed by atoms with van der Waals surface area (Å²) in [6, 6.07) is 2.34. The smallest absolute Gasteiger partial charge is 0.451 e. The molecule has 0 saturated carbocycles. The predicted molar refractivity (Wildman–Crippen MR) is 107 cm³/mol. The van der Waals surface area contributed by atoms with Gasteiger partial charge in [0, 0.05) is 24.4 Å². The molecule has 0 spiro atoms. The summed E-state index contributed by atoms with van der Waals surface area (Å²) in [7, 11) is 0. The van der Waals surface area contributed by atoms with Crippen LogP contribution in [0.25, 0.3) is 10.2 Å². The molecule has 166 valence electrons. The maximum atomic E-state index is 13.2. The number of aromatic nitrogens is 5. The van der Waals surface area contributed by atoms with Gasteiger partial charge in [-0.2, -0.15) is 23.1 Å². The summed E-state index contributed by atoms with van der Waals surface area (Å²) in [5.74, 6) is -0.0395. The standard InChI is InChI=1S/C19H21F3N6O2S/c1-2-3-12-8-13-15(23-18(24-16(13)31-12)30-11-4-7-29-10-11)27-5-6-28-14(9-27)25-26-17(28)19(20,21)22/h8,11H,2-7,9-10H2,1H3. The van der Waals surface area contributed by atoms with E-state index in [4.69, 9.17) is 9.47 Å². The number of hydrogen-bond acceptors (Lipinski definition) is 8. The highest BCUT2D eigenvalue weighted by atomic mass is 32.1. The number of halogens is 3. The van der Waals surface area contributed by atoms with E-state index in [9.17, 15) is 13.2 Å². The number of alkyl halides is 3. The zero-order valence-electron chi connectivity index (χ0n) is 16.9. The van der Waals surface area contributed by atoms with Crippen molar-refractivity contribution in [3.05, 3.63) is 22.6 Å². The molecule has 5 rings (SSSR count). The van der Waals surface area contributed by atoms with Gasteiger partial charge in [0.25, 0.3) is 0 Å². The van der Waals surface area contributed by atoms with Crippen LogP contribution in [0.15, 0.2) is 6.07 Å². The summed E-state index contributed by atoms with van der Waals surface area (Å²) in [4.78, 5) is 13.2. The second-order valence-electron chi connectivity index (χ2n) is 7.63. The van der Waals surface area contributed by atoms with E-state index >= 15 is 0 Å². The van der Waals surface area contributed by atoms with Gasteiger partial charge in [-0.3, -0.25) is 0 Å². The van der Waals surface area contributed by atoms with E-state index in [0.717, 1.165) is 34.0 Å². The Bertz CT molecular complexity index is 1090. The zero-order valence-corrected chi connectivity index (χ0v) is 17.7. The van der Waals surface area contributed by atoms with E-state index in [-0.39, 0.29) is 31.0 Å². The van der Waals surface area contributed by atoms with E-state index in [2.05, 4.69) is 33.2 Å². The molecule has 0 aliphatic carbocycles. The van der Waals surface area contributed by atoms with Crippen molar-refractivity contribution in [1.29, 1.82) is 0 Å². The zero-order chi connectivity index (χ0) is 21.6. The molecule has 0 aromatic carbocycles. The van der Waals surface area contributed by atoms with Crippen LogP contribution >= 0.6 is 11.3 Å². The first-order chi connectivity index (χ1) is 14.9. The number of anilines is 1. The summed E-state index contributed by atoms with van der Waals surface area (Å²) >= 11 is 1.59. The summed E-state index contributed by atoms with van der Waals surface area (Å²) < 4.78 is 52.0. The lowest BCUT2D eigenvalue weighted by Gasteiger charge is -2.29. The minimum absolute atomic E-state index is 0.0980. The van der Waals surface area contributed by atoms with Crippen molar-refractivity contribution in [3.8, 4) is 6.01 Å². The quantitative estimate of drug-likeness (QED) is 0.584. The van der Waals surface area contributed by atoms with Crippen LogP contribution in [0.2, 0.25) is 0 Å². The SMILES string of the molecule is CCCc1cc2c(N3CCn4c(nnc4C(F)(F)F)C3)nc(OC3CCOC3)nc2s1. The molecule has 1 saturated heterocycles. The summed E-state index contributed by atoms with van der Waals surface area (Å²) in [6.45, 7) is 3.91. The van der Waals surface area contributed by atoms with Crippen LogP contribution in [0.5, 0.6) is 6.01 Å². The Morgan fingerprint density at radius 2 is 2.13 bits per heavy atom. The van der Waals surface area contributed by atoms with Gasteiger partial charge in [0.2, 0.25) is 5.82 Å². The van der Waals surface area contributed by atoms with Crippen molar-refractivity contribution in [1.82, 2.24) is 24.7 Å². The molecule has 0 bridgehead atoms. The molecule has 12 heteroatoms. The number of ether oxygens (including phenoxy) is 2. The topological polar surface area (TPSA) is 78.2 Å². The average Bonchev–Trinajstić information content (AvgIpc) is 3.45. The van der Waals surface area contributed by atoms with Crippen LogP contribution in [0, 0.1) is 0 Å². The van der Waals surface area contributed by atoms with E-state index in [1.165, 1.54) is 4.88 Å². The number of aryl methyl sites for hydroxylation is 1. The maximum absolute atomic E-state index is 13.2. The van der Waals surface area contributed by atoms with Crippen molar-refractivity contribution < 1.29 is 22.6 Å². The Balaban J connectivity index is 1.51. The van der Waals surface area contributed by atoms with Gasteiger partial charge in [0.15, 0.2) is 5.82 Å². The molecular weight excluding hydrogens is 433 g/mol. The van der Waals surface area contributed by atoms with Crippen LogP contribution in [-0.2, 0) is 30.4 Å². The molecule has 0 N–H and O–H groups in total. The Hall–Kier alpha value is -2.47. The molecule has 3 aromatic heterocycles. The second kappa shape index (κ2) is 7.90. The first-order valence-corrected chi connectivity index (χ1v) is 11.0. The number of rotatable bonds is 5. The Kier molecular flexibility index (Phi) is 5.21. The fraction of sp³-hybridized carbons (Fsp3) is 0.579. The fourth-order valence-corrected chi connectivity index (χ4v) is 5.02. The highest BCUT2D eigenvalue weighted by Gasteiger charge is 2.39. The first kappa shape index (κ1) is 20.4. The van der Waals surface area contributed by atoms with Crippen LogP contribution in [-0.4, -0.2) is 50.6 Å². The van der Waals surface area contributed by atoms with E-state index in [1.807, 2.05) is 4.90 Å². The highest BCUT2D eigenvalue weighted by molar-refractivity contribution is 7.18. The van der Waals surface area contributed by atoms with Gasteiger partial charge >= 0.3 is 12.2 Å². The number of thiophene rings is 1. The predicted octanol–water partition coefficient (Wildman–Crippen LogP) is 3.44. The Labute approximate surface area is 180 Å². The van der Waals surface area contributed by atoms with Gasteiger partial charge in [0.05, 0.1) is 25.1 Å². The minimum atomic E-state index is -4.53. The van der Waals surface area contributed by atoms with Crippen molar-refractivity contribution in [3.63, 3.8) is 0 Å². The van der Waals surface area contributed by atoms with E-state index < -0.39 is 12.0 Å². The third-order valence-electron chi connectivity index (χ3n) is 5.37.